The summed E-state index contributed by atoms with van der Waals surface area (Å²) in [5, 5.41) is 13.7. The second-order valence-electron chi connectivity index (χ2n) is 9.53. The van der Waals surface area contributed by atoms with Crippen molar-refractivity contribution in [1.82, 2.24) is 14.9 Å². The van der Waals surface area contributed by atoms with Crippen LogP contribution in [-0.4, -0.2) is 27.7 Å². The minimum absolute atomic E-state index is 0. The van der Waals surface area contributed by atoms with Crippen molar-refractivity contribution < 1.29 is 14.6 Å². The predicted molar refractivity (Wildman–Crippen MR) is 155 cm³/mol. The van der Waals surface area contributed by atoms with Gasteiger partial charge in [0.1, 0.15) is 5.56 Å². The summed E-state index contributed by atoms with van der Waals surface area (Å²) in [7, 11) is 1.62. The highest BCUT2D eigenvalue weighted by molar-refractivity contribution is 7.15. The van der Waals surface area contributed by atoms with E-state index in [4.69, 9.17) is 4.74 Å². The fourth-order valence-corrected chi connectivity index (χ4v) is 6.54. The Hall–Kier alpha value is -2.91. The number of carbonyl (C=O) groups is 1. The van der Waals surface area contributed by atoms with Crippen LogP contribution < -0.4 is 15.5 Å². The summed E-state index contributed by atoms with van der Waals surface area (Å²) in [6.07, 6.45) is 10.4. The number of carboxylic acids is 1. The van der Waals surface area contributed by atoms with Gasteiger partial charge in [0.2, 0.25) is 5.43 Å². The summed E-state index contributed by atoms with van der Waals surface area (Å²) in [4.78, 5) is 31.4. The monoisotopic (exact) mass is 573 g/mol. The third-order valence-electron chi connectivity index (χ3n) is 7.18. The Morgan fingerprint density at radius 2 is 2.05 bits per heavy atom. The lowest BCUT2D eigenvalue weighted by atomic mass is 9.93. The van der Waals surface area contributed by atoms with E-state index in [2.05, 4.69) is 22.4 Å². The van der Waals surface area contributed by atoms with E-state index < -0.39 is 11.4 Å². The maximum absolute atomic E-state index is 13.0. The van der Waals surface area contributed by atoms with E-state index in [9.17, 15) is 14.7 Å². The first-order valence-corrected chi connectivity index (χ1v) is 13.1. The Labute approximate surface area is 236 Å². The number of hydrogen-bond acceptors (Lipinski definition) is 6. The smallest absolute Gasteiger partial charge is 0.341 e. The first kappa shape index (κ1) is 28.1. The van der Waals surface area contributed by atoms with E-state index in [-0.39, 0.29) is 42.5 Å². The number of pyridine rings is 2. The van der Waals surface area contributed by atoms with Gasteiger partial charge in [-0.3, -0.25) is 9.78 Å². The summed E-state index contributed by atoms with van der Waals surface area (Å²) in [5.74, 6) is -0.568. The van der Waals surface area contributed by atoms with Crippen LogP contribution in [0.4, 0.5) is 0 Å². The van der Waals surface area contributed by atoms with Crippen LogP contribution in [0, 0.1) is 0 Å². The molecular formula is C28H29Cl2N3O4S. The molecule has 200 valence electrons. The number of rotatable bonds is 7. The highest BCUT2D eigenvalue weighted by Gasteiger charge is 2.30. The molecule has 2 aliphatic rings. The van der Waals surface area contributed by atoms with Gasteiger partial charge in [-0.05, 0) is 67.5 Å². The molecule has 0 radical (unpaired) electrons. The number of aromatic nitrogens is 2. The van der Waals surface area contributed by atoms with Gasteiger partial charge in [-0.25, -0.2) is 4.79 Å². The molecule has 0 amide bonds. The quantitative estimate of drug-likeness (QED) is 0.274. The molecule has 0 spiro atoms. The van der Waals surface area contributed by atoms with Gasteiger partial charge in [0.15, 0.2) is 5.75 Å². The van der Waals surface area contributed by atoms with Gasteiger partial charge in [0, 0.05) is 52.5 Å². The summed E-state index contributed by atoms with van der Waals surface area (Å²) in [5.41, 5.74) is 3.45. The zero-order valence-electron chi connectivity index (χ0n) is 20.8. The summed E-state index contributed by atoms with van der Waals surface area (Å²) in [6, 6.07) is 10.4. The standard InChI is InChI=1S/C28H27N3O4S.2ClH/c1-35-27-18(9-10-19-25(27)31(17-7-8-17)15-21(26(19)32)28(33)34)24-12-20-22(5-2-6-23(20)36-24)30-14-16-4-3-11-29-13-16;;/h3-4,9-13,15,17,22,30H,2,5-8,14H2,1H3,(H,33,34);2*1H. The normalized spacial score (nSPS) is 16.3. The highest BCUT2D eigenvalue weighted by atomic mass is 35.5. The Kier molecular flexibility index (Phi) is 8.47. The van der Waals surface area contributed by atoms with Gasteiger partial charge in [0.25, 0.3) is 0 Å². The van der Waals surface area contributed by atoms with Crippen LogP contribution in [0.2, 0.25) is 0 Å². The first-order chi connectivity index (χ1) is 17.5. The van der Waals surface area contributed by atoms with Crippen molar-refractivity contribution in [2.45, 2.75) is 50.7 Å². The van der Waals surface area contributed by atoms with Gasteiger partial charge in [-0.15, -0.1) is 36.2 Å². The minimum atomic E-state index is -1.20. The average molecular weight is 575 g/mol. The number of carboxylic acid groups (broad SMARTS) is 1. The van der Waals surface area contributed by atoms with Crippen molar-refractivity contribution in [3.8, 4) is 16.2 Å². The second kappa shape index (κ2) is 11.5. The fraction of sp³-hybridized carbons (Fsp3) is 0.321. The van der Waals surface area contributed by atoms with Crippen LogP contribution in [0.5, 0.6) is 5.75 Å². The molecule has 38 heavy (non-hydrogen) atoms. The van der Waals surface area contributed by atoms with Crippen LogP contribution in [0.1, 0.15) is 64.1 Å². The number of nitrogens with zero attached hydrogens (tertiary/aromatic N) is 2. The Morgan fingerprint density at radius 1 is 1.24 bits per heavy atom. The molecule has 6 rings (SSSR count). The zero-order chi connectivity index (χ0) is 24.8. The SMILES string of the molecule is COc1c(-c2cc3c(s2)CCCC3NCc2cccnc2)ccc2c(=O)c(C(=O)O)cn(C3CC3)c12.Cl.Cl. The number of aryl methyl sites for hydroxylation is 1. The molecule has 4 aromatic rings. The number of thiophene rings is 1. The van der Waals surface area contributed by atoms with Crippen molar-refractivity contribution in [3.63, 3.8) is 0 Å². The van der Waals surface area contributed by atoms with Crippen molar-refractivity contribution in [1.29, 1.82) is 0 Å². The summed E-state index contributed by atoms with van der Waals surface area (Å²) < 4.78 is 7.87. The van der Waals surface area contributed by atoms with E-state index in [1.165, 1.54) is 16.6 Å². The highest BCUT2D eigenvalue weighted by Crippen LogP contribution is 2.46. The lowest BCUT2D eigenvalue weighted by Crippen LogP contribution is -2.23. The Balaban J connectivity index is 0.00000168. The molecule has 0 saturated heterocycles. The molecule has 1 unspecified atom stereocenters. The largest absolute Gasteiger partial charge is 0.494 e. The lowest BCUT2D eigenvalue weighted by Gasteiger charge is -2.23. The summed E-state index contributed by atoms with van der Waals surface area (Å²) >= 11 is 1.78. The molecule has 0 aliphatic heterocycles. The fourth-order valence-electron chi connectivity index (χ4n) is 5.26. The van der Waals surface area contributed by atoms with E-state index >= 15 is 0 Å². The van der Waals surface area contributed by atoms with Crippen LogP contribution >= 0.6 is 36.2 Å². The maximum atomic E-state index is 13.0. The number of aromatic carboxylic acids is 1. The molecule has 2 aliphatic carbocycles. The third kappa shape index (κ3) is 5.06. The van der Waals surface area contributed by atoms with Crippen molar-refractivity contribution in [2.24, 2.45) is 0 Å². The predicted octanol–water partition coefficient (Wildman–Crippen LogP) is 6.18. The van der Waals surface area contributed by atoms with Crippen LogP contribution in [0.25, 0.3) is 21.3 Å². The Morgan fingerprint density at radius 3 is 2.74 bits per heavy atom. The Bertz CT molecular complexity index is 1530. The number of hydrogen-bond donors (Lipinski definition) is 2. The van der Waals surface area contributed by atoms with Gasteiger partial charge >= 0.3 is 5.97 Å². The van der Waals surface area contributed by atoms with E-state index in [1.807, 2.05) is 22.9 Å². The van der Waals surface area contributed by atoms with E-state index in [1.54, 1.807) is 30.7 Å². The number of benzene rings is 1. The molecule has 1 saturated carbocycles. The van der Waals surface area contributed by atoms with Gasteiger partial charge in [-0.1, -0.05) is 6.07 Å². The van der Waals surface area contributed by atoms with Crippen molar-refractivity contribution >= 4 is 53.0 Å². The zero-order valence-corrected chi connectivity index (χ0v) is 23.3. The molecule has 2 N–H and O–H groups in total. The molecule has 0 bridgehead atoms. The molecule has 3 heterocycles. The van der Waals surface area contributed by atoms with Gasteiger partial charge in [0.05, 0.1) is 18.0 Å². The maximum Gasteiger partial charge on any atom is 0.341 e. The molecule has 10 heteroatoms. The second-order valence-corrected chi connectivity index (χ2v) is 10.7. The summed E-state index contributed by atoms with van der Waals surface area (Å²) in [6.45, 7) is 0.766. The van der Waals surface area contributed by atoms with E-state index in [0.717, 1.165) is 54.7 Å². The number of halogens is 2. The third-order valence-corrected chi connectivity index (χ3v) is 8.42. The molecule has 1 aromatic carbocycles. The first-order valence-electron chi connectivity index (χ1n) is 12.3. The lowest BCUT2D eigenvalue weighted by molar-refractivity contribution is 0.0695. The van der Waals surface area contributed by atoms with Crippen LogP contribution in [0.15, 0.2) is 53.7 Å². The van der Waals surface area contributed by atoms with Crippen LogP contribution in [0.3, 0.4) is 0 Å². The topological polar surface area (TPSA) is 93.4 Å². The number of methoxy groups -OCH3 is 1. The molecule has 1 atom stereocenters. The number of nitrogens with one attached hydrogen (secondary N) is 1. The molecule has 3 aromatic heterocycles. The van der Waals surface area contributed by atoms with Gasteiger partial charge < -0.3 is 19.7 Å². The number of ether oxygens (including phenoxy) is 1. The minimum Gasteiger partial charge on any atom is -0.494 e. The van der Waals surface area contributed by atoms with Gasteiger partial charge in [-0.2, -0.15) is 0 Å². The average Bonchev–Trinajstić information content (AvgIpc) is 3.65. The van der Waals surface area contributed by atoms with Crippen molar-refractivity contribution in [2.75, 3.05) is 7.11 Å². The molecule has 1 fully saturated rings. The van der Waals surface area contributed by atoms with Crippen molar-refractivity contribution in [3.05, 3.63) is 80.7 Å². The van der Waals surface area contributed by atoms with E-state index in [0.29, 0.717) is 16.7 Å². The molecule has 7 nitrogen and oxygen atoms in total. The molecular weight excluding hydrogens is 545 g/mol. The number of fused-ring (bicyclic) bond motifs is 2. The van der Waals surface area contributed by atoms with Crippen LogP contribution in [-0.2, 0) is 13.0 Å².